The van der Waals surface area contributed by atoms with E-state index in [4.69, 9.17) is 9.47 Å². The quantitative estimate of drug-likeness (QED) is 0.497. The second-order valence-electron chi connectivity index (χ2n) is 10.1. The lowest BCUT2D eigenvalue weighted by molar-refractivity contribution is -0.140. The molecule has 184 valence electrons. The molecular formula is C30H35NO4. The minimum absolute atomic E-state index is 0.0442. The number of para-hydroxylation sites is 1. The average Bonchev–Trinajstić information content (AvgIpc) is 2.82. The molecule has 0 aromatic heterocycles. The Balaban J connectivity index is 1.82. The molecule has 2 unspecified atom stereocenters. The van der Waals surface area contributed by atoms with E-state index in [2.05, 4.69) is 17.4 Å². The zero-order valence-electron chi connectivity index (χ0n) is 21.3. The fourth-order valence-electron chi connectivity index (χ4n) is 4.98. The topological polar surface area (TPSA) is 64.6 Å². The first-order valence-electron chi connectivity index (χ1n) is 12.5. The highest BCUT2D eigenvalue weighted by Gasteiger charge is 2.42. The SMILES string of the molecule is CC1=C(C(=O)OCC(C)C)C(c2ccccc2OC(C)C)C2=C(CC(c3ccccc3)CC2=O)N1. The summed E-state index contributed by atoms with van der Waals surface area (Å²) in [4.78, 5) is 27.2. The van der Waals surface area contributed by atoms with Crippen LogP contribution in [0.1, 0.15) is 70.4 Å². The van der Waals surface area contributed by atoms with Gasteiger partial charge in [-0.1, -0.05) is 62.4 Å². The molecule has 2 aliphatic rings. The fourth-order valence-corrected chi connectivity index (χ4v) is 4.98. The number of dihydropyridines is 1. The number of Topliss-reactive ketones (excluding diaryl/α,β-unsaturated/α-hetero) is 1. The van der Waals surface area contributed by atoms with Gasteiger partial charge in [-0.3, -0.25) is 4.79 Å². The third-order valence-corrected chi connectivity index (χ3v) is 6.46. The molecule has 0 saturated carbocycles. The lowest BCUT2D eigenvalue weighted by Gasteiger charge is -2.37. The molecule has 0 bridgehead atoms. The molecule has 35 heavy (non-hydrogen) atoms. The first-order chi connectivity index (χ1) is 16.8. The van der Waals surface area contributed by atoms with Gasteiger partial charge in [-0.25, -0.2) is 4.79 Å². The molecule has 2 aromatic carbocycles. The van der Waals surface area contributed by atoms with Crippen molar-refractivity contribution in [2.45, 2.75) is 65.4 Å². The molecule has 2 aromatic rings. The smallest absolute Gasteiger partial charge is 0.336 e. The van der Waals surface area contributed by atoms with Gasteiger partial charge >= 0.3 is 5.97 Å². The normalized spacial score (nSPS) is 20.1. The van der Waals surface area contributed by atoms with Crippen molar-refractivity contribution in [2.24, 2.45) is 5.92 Å². The number of ketones is 1. The highest BCUT2D eigenvalue weighted by molar-refractivity contribution is 6.04. The van der Waals surface area contributed by atoms with Crippen molar-refractivity contribution in [3.8, 4) is 5.75 Å². The Morgan fingerprint density at radius 2 is 1.69 bits per heavy atom. The van der Waals surface area contributed by atoms with Crippen LogP contribution in [0, 0.1) is 5.92 Å². The maximum absolute atomic E-state index is 13.8. The molecule has 0 fully saturated rings. The molecule has 4 rings (SSSR count). The maximum Gasteiger partial charge on any atom is 0.336 e. The number of esters is 1. The van der Waals surface area contributed by atoms with E-state index >= 15 is 0 Å². The average molecular weight is 474 g/mol. The number of nitrogens with one attached hydrogen (secondary N) is 1. The number of carbonyl (C=O) groups excluding carboxylic acids is 2. The summed E-state index contributed by atoms with van der Waals surface area (Å²) in [5.41, 5.74) is 4.71. The summed E-state index contributed by atoms with van der Waals surface area (Å²) in [6, 6.07) is 17.9. The van der Waals surface area contributed by atoms with Crippen LogP contribution in [0.2, 0.25) is 0 Å². The minimum Gasteiger partial charge on any atom is -0.491 e. The third-order valence-electron chi connectivity index (χ3n) is 6.46. The number of ether oxygens (including phenoxy) is 2. The highest BCUT2D eigenvalue weighted by atomic mass is 16.5. The Bertz CT molecular complexity index is 1160. The number of hydrogen-bond acceptors (Lipinski definition) is 5. The molecule has 1 aliphatic carbocycles. The number of benzene rings is 2. The van der Waals surface area contributed by atoms with Gasteiger partial charge in [0, 0.05) is 29.0 Å². The van der Waals surface area contributed by atoms with Gasteiger partial charge in [-0.05, 0) is 50.7 Å². The van der Waals surface area contributed by atoms with Gasteiger partial charge < -0.3 is 14.8 Å². The number of allylic oxidation sites excluding steroid dienone is 3. The lowest BCUT2D eigenvalue weighted by atomic mass is 9.71. The van der Waals surface area contributed by atoms with Gasteiger partial charge in [0.05, 0.1) is 24.2 Å². The molecule has 1 N–H and O–H groups in total. The zero-order valence-corrected chi connectivity index (χ0v) is 21.3. The van der Waals surface area contributed by atoms with E-state index in [1.54, 1.807) is 0 Å². The minimum atomic E-state index is -0.537. The van der Waals surface area contributed by atoms with Crippen molar-refractivity contribution < 1.29 is 19.1 Å². The Morgan fingerprint density at radius 3 is 2.37 bits per heavy atom. The van der Waals surface area contributed by atoms with Crippen LogP contribution in [0.5, 0.6) is 5.75 Å². The summed E-state index contributed by atoms with van der Waals surface area (Å²) in [6.45, 7) is 10.2. The van der Waals surface area contributed by atoms with E-state index in [-0.39, 0.29) is 23.7 Å². The summed E-state index contributed by atoms with van der Waals surface area (Å²) in [5, 5.41) is 3.42. The predicted octanol–water partition coefficient (Wildman–Crippen LogP) is 6.03. The summed E-state index contributed by atoms with van der Waals surface area (Å²) in [5.74, 6) is 0.117. The molecular weight excluding hydrogens is 438 g/mol. The molecule has 1 aliphatic heterocycles. The monoisotopic (exact) mass is 473 g/mol. The Hall–Kier alpha value is -3.34. The first-order valence-corrected chi connectivity index (χ1v) is 12.5. The summed E-state index contributed by atoms with van der Waals surface area (Å²) in [6.07, 6.45) is 1.07. The molecule has 0 spiro atoms. The van der Waals surface area contributed by atoms with Crippen molar-refractivity contribution >= 4 is 11.8 Å². The molecule has 0 amide bonds. The number of hydrogen-bond donors (Lipinski definition) is 1. The van der Waals surface area contributed by atoms with Crippen molar-refractivity contribution in [1.29, 1.82) is 0 Å². The van der Waals surface area contributed by atoms with E-state index < -0.39 is 11.9 Å². The maximum atomic E-state index is 13.8. The number of rotatable bonds is 7. The van der Waals surface area contributed by atoms with Gasteiger partial charge in [-0.2, -0.15) is 0 Å². The second kappa shape index (κ2) is 10.5. The third kappa shape index (κ3) is 5.34. The highest BCUT2D eigenvalue weighted by Crippen LogP contribution is 2.47. The summed E-state index contributed by atoms with van der Waals surface area (Å²) >= 11 is 0. The largest absolute Gasteiger partial charge is 0.491 e. The Labute approximate surface area is 208 Å². The van der Waals surface area contributed by atoms with Crippen LogP contribution in [0.25, 0.3) is 0 Å². The van der Waals surface area contributed by atoms with Crippen molar-refractivity contribution in [3.05, 3.63) is 88.3 Å². The van der Waals surface area contributed by atoms with Gasteiger partial charge in [0.2, 0.25) is 0 Å². The fraction of sp³-hybridized carbons (Fsp3) is 0.400. The van der Waals surface area contributed by atoms with Gasteiger partial charge in [0.15, 0.2) is 5.78 Å². The van der Waals surface area contributed by atoms with Crippen LogP contribution in [0.4, 0.5) is 0 Å². The van der Waals surface area contributed by atoms with Crippen molar-refractivity contribution in [3.63, 3.8) is 0 Å². The van der Waals surface area contributed by atoms with Crippen LogP contribution in [0.3, 0.4) is 0 Å². The molecule has 0 radical (unpaired) electrons. The van der Waals surface area contributed by atoms with Crippen LogP contribution >= 0.6 is 0 Å². The standard InChI is InChI=1S/C30H35NO4/c1-18(2)17-34-30(33)27-20(5)31-24-15-22(21-11-7-6-8-12-21)16-25(32)29(24)28(27)23-13-9-10-14-26(23)35-19(3)4/h6-14,18-19,22,28,31H,15-17H2,1-5H3. The van der Waals surface area contributed by atoms with Crippen LogP contribution in [0.15, 0.2) is 77.1 Å². The van der Waals surface area contributed by atoms with Crippen molar-refractivity contribution in [2.75, 3.05) is 6.61 Å². The van der Waals surface area contributed by atoms with Crippen molar-refractivity contribution in [1.82, 2.24) is 5.32 Å². The van der Waals surface area contributed by atoms with Gasteiger partial charge in [0.1, 0.15) is 5.75 Å². The Kier molecular flexibility index (Phi) is 7.44. The Morgan fingerprint density at radius 1 is 1.00 bits per heavy atom. The zero-order chi connectivity index (χ0) is 25.1. The van der Waals surface area contributed by atoms with E-state index in [0.29, 0.717) is 36.3 Å². The van der Waals surface area contributed by atoms with Gasteiger partial charge in [0.25, 0.3) is 0 Å². The first kappa shape index (κ1) is 24.8. The molecule has 0 saturated heterocycles. The van der Waals surface area contributed by atoms with E-state index in [9.17, 15) is 9.59 Å². The van der Waals surface area contributed by atoms with Crippen LogP contribution in [-0.2, 0) is 14.3 Å². The number of carbonyl (C=O) groups is 2. The van der Waals surface area contributed by atoms with E-state index in [1.165, 1.54) is 0 Å². The van der Waals surface area contributed by atoms with Crippen LogP contribution in [-0.4, -0.2) is 24.5 Å². The lowest BCUT2D eigenvalue weighted by Crippen LogP contribution is -2.36. The summed E-state index contributed by atoms with van der Waals surface area (Å²) < 4.78 is 11.8. The molecule has 5 heteroatoms. The van der Waals surface area contributed by atoms with Gasteiger partial charge in [-0.15, -0.1) is 0 Å². The second-order valence-corrected chi connectivity index (χ2v) is 10.1. The molecule has 1 heterocycles. The predicted molar refractivity (Wildman–Crippen MR) is 137 cm³/mol. The van der Waals surface area contributed by atoms with E-state index in [0.717, 1.165) is 22.5 Å². The summed E-state index contributed by atoms with van der Waals surface area (Å²) in [7, 11) is 0. The van der Waals surface area contributed by atoms with Crippen LogP contribution < -0.4 is 10.1 Å². The van der Waals surface area contributed by atoms with E-state index in [1.807, 2.05) is 77.1 Å². The molecule has 5 nitrogen and oxygen atoms in total. The molecule has 2 atom stereocenters.